The van der Waals surface area contributed by atoms with E-state index < -0.39 is 0 Å². The quantitative estimate of drug-likeness (QED) is 0.899. The number of rotatable bonds is 5. The maximum absolute atomic E-state index is 12.0. The molecule has 1 saturated heterocycles. The lowest BCUT2D eigenvalue weighted by Gasteiger charge is -2.33. The predicted molar refractivity (Wildman–Crippen MR) is 82.7 cm³/mol. The largest absolute Gasteiger partial charge is 0.381 e. The molecular formula is C15H22N2OS. The molecule has 1 unspecified atom stereocenters. The van der Waals surface area contributed by atoms with Crippen LogP contribution in [0, 0.1) is 0 Å². The zero-order chi connectivity index (χ0) is 13.5. The number of benzene rings is 1. The summed E-state index contributed by atoms with van der Waals surface area (Å²) in [4.78, 5) is 14.1. The number of nitrogens with zero attached hydrogens (tertiary/aromatic N) is 1. The lowest BCUT2D eigenvalue weighted by atomic mass is 10.0. The first-order valence-electron chi connectivity index (χ1n) is 6.88. The molecule has 1 fully saturated rings. The van der Waals surface area contributed by atoms with Gasteiger partial charge in [-0.25, -0.2) is 0 Å². The van der Waals surface area contributed by atoms with Crippen LogP contribution in [0.25, 0.3) is 0 Å². The minimum atomic E-state index is 0.300. The minimum Gasteiger partial charge on any atom is -0.381 e. The molecule has 0 saturated carbocycles. The molecule has 1 aromatic rings. The van der Waals surface area contributed by atoms with Gasteiger partial charge in [0, 0.05) is 37.0 Å². The van der Waals surface area contributed by atoms with Crippen molar-refractivity contribution in [2.75, 3.05) is 30.4 Å². The second-order valence-electron chi connectivity index (χ2n) is 4.93. The minimum absolute atomic E-state index is 0.300. The first kappa shape index (κ1) is 14.3. The number of likely N-dealkylation sites (tertiary alicyclic amines) is 1. The molecule has 1 heterocycles. The van der Waals surface area contributed by atoms with Crippen LogP contribution in [0.3, 0.4) is 0 Å². The number of carbonyl (C=O) groups is 1. The van der Waals surface area contributed by atoms with E-state index in [1.165, 1.54) is 0 Å². The number of hydrogen-bond donors (Lipinski definition) is 1. The van der Waals surface area contributed by atoms with Crippen molar-refractivity contribution >= 4 is 23.4 Å². The maximum Gasteiger partial charge on any atom is 0.223 e. The van der Waals surface area contributed by atoms with E-state index in [4.69, 9.17) is 0 Å². The van der Waals surface area contributed by atoms with Crippen LogP contribution >= 0.6 is 11.8 Å². The van der Waals surface area contributed by atoms with Crippen LogP contribution in [0.4, 0.5) is 5.69 Å². The van der Waals surface area contributed by atoms with Gasteiger partial charge in [-0.05, 0) is 31.2 Å². The highest BCUT2D eigenvalue weighted by molar-refractivity contribution is 7.98. The number of carbonyl (C=O) groups excluding carboxylic acids is 1. The zero-order valence-electron chi connectivity index (χ0n) is 11.5. The van der Waals surface area contributed by atoms with Crippen LogP contribution in [0.2, 0.25) is 0 Å². The van der Waals surface area contributed by atoms with Gasteiger partial charge in [0.25, 0.3) is 0 Å². The number of amides is 1. The van der Waals surface area contributed by atoms with Crippen molar-refractivity contribution in [3.05, 3.63) is 30.3 Å². The first-order chi connectivity index (χ1) is 9.29. The predicted octanol–water partition coefficient (Wildman–Crippen LogP) is 2.84. The van der Waals surface area contributed by atoms with Crippen molar-refractivity contribution in [3.8, 4) is 0 Å². The molecule has 1 atom stereocenters. The Hall–Kier alpha value is -1.16. The molecule has 0 aliphatic carbocycles. The van der Waals surface area contributed by atoms with Crippen molar-refractivity contribution in [2.45, 2.75) is 25.3 Å². The average Bonchev–Trinajstić information content (AvgIpc) is 2.46. The molecule has 1 amide bonds. The fraction of sp³-hybridized carbons (Fsp3) is 0.533. The van der Waals surface area contributed by atoms with E-state index in [0.717, 1.165) is 37.4 Å². The van der Waals surface area contributed by atoms with Gasteiger partial charge in [-0.2, -0.15) is 11.8 Å². The molecular weight excluding hydrogens is 256 g/mol. The second kappa shape index (κ2) is 7.43. The summed E-state index contributed by atoms with van der Waals surface area (Å²) in [6, 6.07) is 10.6. The van der Waals surface area contributed by atoms with Gasteiger partial charge in [0.05, 0.1) is 0 Å². The summed E-state index contributed by atoms with van der Waals surface area (Å²) in [5.41, 5.74) is 1.14. The van der Waals surface area contributed by atoms with Gasteiger partial charge in [0.1, 0.15) is 0 Å². The summed E-state index contributed by atoms with van der Waals surface area (Å²) in [7, 11) is 0. The molecule has 0 radical (unpaired) electrons. The third kappa shape index (κ3) is 4.46. The lowest BCUT2D eigenvalue weighted by Crippen LogP contribution is -2.45. The average molecular weight is 278 g/mol. The molecule has 1 N–H and O–H groups in total. The van der Waals surface area contributed by atoms with Crippen LogP contribution in [-0.4, -0.2) is 41.9 Å². The highest BCUT2D eigenvalue weighted by atomic mass is 32.2. The Bertz CT molecular complexity index is 396. The summed E-state index contributed by atoms with van der Waals surface area (Å²) in [6.45, 7) is 1.75. The van der Waals surface area contributed by atoms with E-state index in [0.29, 0.717) is 18.4 Å². The molecule has 1 aromatic carbocycles. The molecule has 1 aliphatic rings. The Balaban J connectivity index is 1.85. The summed E-state index contributed by atoms with van der Waals surface area (Å²) in [6.07, 6.45) is 4.94. The summed E-state index contributed by atoms with van der Waals surface area (Å²) in [5.74, 6) is 1.22. The number of para-hydroxylation sites is 1. The first-order valence-corrected chi connectivity index (χ1v) is 8.27. The second-order valence-corrected chi connectivity index (χ2v) is 5.92. The van der Waals surface area contributed by atoms with E-state index in [-0.39, 0.29) is 0 Å². The summed E-state index contributed by atoms with van der Waals surface area (Å²) < 4.78 is 0. The molecule has 3 nitrogen and oxygen atoms in total. The Morgan fingerprint density at radius 2 is 2.21 bits per heavy atom. The highest BCUT2D eigenvalue weighted by Gasteiger charge is 2.22. The Labute approximate surface area is 119 Å². The van der Waals surface area contributed by atoms with Crippen LogP contribution < -0.4 is 5.32 Å². The van der Waals surface area contributed by atoms with Crippen molar-refractivity contribution in [1.29, 1.82) is 0 Å². The summed E-state index contributed by atoms with van der Waals surface area (Å²) in [5, 5.41) is 3.52. The van der Waals surface area contributed by atoms with Crippen LogP contribution in [0.1, 0.15) is 19.3 Å². The SMILES string of the molecule is CSCCC(=O)N1CCCC(Nc2ccccc2)C1. The van der Waals surface area contributed by atoms with Gasteiger partial charge >= 0.3 is 0 Å². The van der Waals surface area contributed by atoms with Gasteiger partial charge in [0.15, 0.2) is 0 Å². The van der Waals surface area contributed by atoms with Crippen molar-refractivity contribution in [3.63, 3.8) is 0 Å². The number of thioether (sulfide) groups is 1. The number of anilines is 1. The van der Waals surface area contributed by atoms with Gasteiger partial charge in [-0.15, -0.1) is 0 Å². The van der Waals surface area contributed by atoms with E-state index in [1.54, 1.807) is 11.8 Å². The lowest BCUT2D eigenvalue weighted by molar-refractivity contribution is -0.131. The van der Waals surface area contributed by atoms with Crippen molar-refractivity contribution in [1.82, 2.24) is 4.90 Å². The van der Waals surface area contributed by atoms with Crippen LogP contribution in [0.5, 0.6) is 0 Å². The molecule has 19 heavy (non-hydrogen) atoms. The topological polar surface area (TPSA) is 32.3 Å². The standard InChI is InChI=1S/C15H22N2OS/c1-19-11-9-15(18)17-10-5-8-14(12-17)16-13-6-3-2-4-7-13/h2-4,6-7,14,16H,5,8-12H2,1H3. The maximum atomic E-state index is 12.0. The smallest absolute Gasteiger partial charge is 0.223 e. The third-order valence-corrected chi connectivity index (χ3v) is 4.05. The fourth-order valence-corrected chi connectivity index (χ4v) is 2.82. The van der Waals surface area contributed by atoms with E-state index >= 15 is 0 Å². The van der Waals surface area contributed by atoms with Gasteiger partial charge in [-0.1, -0.05) is 18.2 Å². The molecule has 2 rings (SSSR count). The Morgan fingerprint density at radius 1 is 1.42 bits per heavy atom. The Kier molecular flexibility index (Phi) is 5.58. The zero-order valence-corrected chi connectivity index (χ0v) is 12.3. The summed E-state index contributed by atoms with van der Waals surface area (Å²) >= 11 is 1.73. The van der Waals surface area contributed by atoms with Crippen molar-refractivity contribution < 1.29 is 4.79 Å². The molecule has 0 bridgehead atoms. The molecule has 104 valence electrons. The fourth-order valence-electron chi connectivity index (χ4n) is 2.44. The van der Waals surface area contributed by atoms with E-state index in [9.17, 15) is 4.79 Å². The van der Waals surface area contributed by atoms with Crippen LogP contribution in [-0.2, 0) is 4.79 Å². The monoisotopic (exact) mass is 278 g/mol. The number of hydrogen-bond acceptors (Lipinski definition) is 3. The number of nitrogens with one attached hydrogen (secondary N) is 1. The normalized spacial score (nSPS) is 19.2. The molecule has 0 spiro atoms. The van der Waals surface area contributed by atoms with Crippen LogP contribution in [0.15, 0.2) is 30.3 Å². The molecule has 1 aliphatic heterocycles. The van der Waals surface area contributed by atoms with Gasteiger partial charge < -0.3 is 10.2 Å². The highest BCUT2D eigenvalue weighted by Crippen LogP contribution is 2.16. The van der Waals surface area contributed by atoms with E-state index in [2.05, 4.69) is 17.4 Å². The van der Waals surface area contributed by atoms with Crippen molar-refractivity contribution in [2.24, 2.45) is 0 Å². The van der Waals surface area contributed by atoms with E-state index in [1.807, 2.05) is 29.4 Å². The Morgan fingerprint density at radius 3 is 2.95 bits per heavy atom. The van der Waals surface area contributed by atoms with Gasteiger partial charge in [0.2, 0.25) is 5.91 Å². The molecule has 0 aromatic heterocycles. The number of piperidine rings is 1. The third-order valence-electron chi connectivity index (χ3n) is 3.44. The molecule has 4 heteroatoms. The van der Waals surface area contributed by atoms with Gasteiger partial charge in [-0.3, -0.25) is 4.79 Å².